The highest BCUT2D eigenvalue weighted by atomic mass is 35.5. The maximum atomic E-state index is 6.38. The molecule has 1 aromatic rings. The summed E-state index contributed by atoms with van der Waals surface area (Å²) in [5, 5.41) is 4.50. The number of nitrogens with one attached hydrogen (secondary N) is 1. The lowest BCUT2D eigenvalue weighted by Crippen LogP contribution is -2.41. The van der Waals surface area contributed by atoms with Crippen molar-refractivity contribution in [2.45, 2.75) is 33.2 Å². The molecule has 0 saturated carbocycles. The average molecular weight is 267 g/mol. The van der Waals surface area contributed by atoms with Crippen molar-refractivity contribution in [3.63, 3.8) is 0 Å². The van der Waals surface area contributed by atoms with Crippen LogP contribution in [0.1, 0.15) is 25.8 Å². The minimum Gasteiger partial charge on any atom is -0.369 e. The first kappa shape index (κ1) is 13.7. The third kappa shape index (κ3) is 3.18. The SMILES string of the molecule is Cc1ccc(N2CCCNC(C(C)C)C2)c(Cl)c1. The maximum absolute atomic E-state index is 6.38. The fourth-order valence-electron chi connectivity index (χ4n) is 2.48. The number of benzene rings is 1. The van der Waals surface area contributed by atoms with Crippen molar-refractivity contribution in [2.75, 3.05) is 24.5 Å². The summed E-state index contributed by atoms with van der Waals surface area (Å²) in [5.74, 6) is 0.648. The Balaban J connectivity index is 2.20. The van der Waals surface area contributed by atoms with E-state index in [0.29, 0.717) is 12.0 Å². The maximum Gasteiger partial charge on any atom is 0.0642 e. The van der Waals surface area contributed by atoms with Crippen molar-refractivity contribution < 1.29 is 0 Å². The molecule has 0 radical (unpaired) electrons. The highest BCUT2D eigenvalue weighted by Crippen LogP contribution is 2.28. The van der Waals surface area contributed by atoms with Crippen LogP contribution in [0.2, 0.25) is 5.02 Å². The van der Waals surface area contributed by atoms with Crippen LogP contribution in [0, 0.1) is 12.8 Å². The molecule has 3 heteroatoms. The van der Waals surface area contributed by atoms with Gasteiger partial charge in [0, 0.05) is 19.1 Å². The molecule has 1 atom stereocenters. The Kier molecular flexibility index (Phi) is 4.52. The molecule has 1 saturated heterocycles. The molecule has 1 fully saturated rings. The Hall–Kier alpha value is -0.730. The summed E-state index contributed by atoms with van der Waals surface area (Å²) in [6, 6.07) is 6.90. The third-order valence-corrected chi connectivity index (χ3v) is 3.98. The van der Waals surface area contributed by atoms with Crippen molar-refractivity contribution in [3.05, 3.63) is 28.8 Å². The topological polar surface area (TPSA) is 15.3 Å². The zero-order chi connectivity index (χ0) is 13.1. The second-order valence-electron chi connectivity index (χ2n) is 5.56. The van der Waals surface area contributed by atoms with Gasteiger partial charge in [-0.2, -0.15) is 0 Å². The monoisotopic (exact) mass is 266 g/mol. The van der Waals surface area contributed by atoms with E-state index in [0.717, 1.165) is 24.7 Å². The molecule has 1 aromatic carbocycles. The molecular weight excluding hydrogens is 244 g/mol. The second-order valence-corrected chi connectivity index (χ2v) is 5.97. The van der Waals surface area contributed by atoms with Crippen molar-refractivity contribution >= 4 is 17.3 Å². The lowest BCUT2D eigenvalue weighted by atomic mass is 10.0. The van der Waals surface area contributed by atoms with E-state index in [2.05, 4.69) is 49.2 Å². The molecule has 2 rings (SSSR count). The second kappa shape index (κ2) is 5.94. The summed E-state index contributed by atoms with van der Waals surface area (Å²) < 4.78 is 0. The van der Waals surface area contributed by atoms with Crippen LogP contribution < -0.4 is 10.2 Å². The normalized spacial score (nSPS) is 21.2. The number of hydrogen-bond acceptors (Lipinski definition) is 2. The third-order valence-electron chi connectivity index (χ3n) is 3.68. The van der Waals surface area contributed by atoms with E-state index in [1.807, 2.05) is 0 Å². The molecule has 1 aliphatic rings. The zero-order valence-electron chi connectivity index (χ0n) is 11.5. The van der Waals surface area contributed by atoms with Gasteiger partial charge >= 0.3 is 0 Å². The highest BCUT2D eigenvalue weighted by Gasteiger charge is 2.21. The molecule has 2 nitrogen and oxygen atoms in total. The summed E-state index contributed by atoms with van der Waals surface area (Å²) in [6.07, 6.45) is 1.17. The molecule has 0 spiro atoms. The van der Waals surface area contributed by atoms with E-state index in [4.69, 9.17) is 11.6 Å². The van der Waals surface area contributed by atoms with E-state index in [1.54, 1.807) is 0 Å². The van der Waals surface area contributed by atoms with Crippen LogP contribution in [-0.2, 0) is 0 Å². The standard InChI is InChI=1S/C15H23ClN2/c1-11(2)14-10-18(8-4-7-17-14)15-6-5-12(3)9-13(15)16/h5-6,9,11,14,17H,4,7-8,10H2,1-3H3. The van der Waals surface area contributed by atoms with Gasteiger partial charge in [0.05, 0.1) is 10.7 Å². The van der Waals surface area contributed by atoms with Crippen molar-refractivity contribution in [1.29, 1.82) is 0 Å². The predicted octanol–water partition coefficient (Wildman–Crippen LogP) is 3.47. The van der Waals surface area contributed by atoms with Crippen LogP contribution in [0.5, 0.6) is 0 Å². The van der Waals surface area contributed by atoms with E-state index >= 15 is 0 Å². The van der Waals surface area contributed by atoms with E-state index in [1.165, 1.54) is 17.7 Å². The van der Waals surface area contributed by atoms with Gasteiger partial charge < -0.3 is 10.2 Å². The first-order valence-corrected chi connectivity index (χ1v) is 7.20. The largest absolute Gasteiger partial charge is 0.369 e. The zero-order valence-corrected chi connectivity index (χ0v) is 12.3. The molecule has 18 heavy (non-hydrogen) atoms. The molecular formula is C15H23ClN2. The van der Waals surface area contributed by atoms with Gasteiger partial charge in [0.1, 0.15) is 0 Å². The number of halogens is 1. The van der Waals surface area contributed by atoms with Crippen LogP contribution >= 0.6 is 11.6 Å². The fourth-order valence-corrected chi connectivity index (χ4v) is 2.84. The number of hydrogen-bond donors (Lipinski definition) is 1. The Morgan fingerprint density at radius 1 is 1.39 bits per heavy atom. The molecule has 100 valence electrons. The van der Waals surface area contributed by atoms with E-state index in [-0.39, 0.29) is 0 Å². The Bertz CT molecular complexity index is 403. The Labute approximate surface area is 115 Å². The molecule has 0 bridgehead atoms. The summed E-state index contributed by atoms with van der Waals surface area (Å²) in [4.78, 5) is 2.42. The quantitative estimate of drug-likeness (QED) is 0.882. The molecule has 0 aromatic heterocycles. The first-order valence-electron chi connectivity index (χ1n) is 6.82. The Morgan fingerprint density at radius 2 is 2.17 bits per heavy atom. The summed E-state index contributed by atoms with van der Waals surface area (Å²) in [5.41, 5.74) is 2.40. The van der Waals surface area contributed by atoms with Gasteiger partial charge in [-0.05, 0) is 43.5 Å². The van der Waals surface area contributed by atoms with Gasteiger partial charge in [-0.15, -0.1) is 0 Å². The van der Waals surface area contributed by atoms with Crippen molar-refractivity contribution in [1.82, 2.24) is 5.32 Å². The van der Waals surface area contributed by atoms with Crippen LogP contribution in [0.15, 0.2) is 18.2 Å². The highest BCUT2D eigenvalue weighted by molar-refractivity contribution is 6.33. The van der Waals surface area contributed by atoms with Gasteiger partial charge in [-0.25, -0.2) is 0 Å². The summed E-state index contributed by atoms with van der Waals surface area (Å²) in [7, 11) is 0. The first-order chi connectivity index (χ1) is 8.58. The van der Waals surface area contributed by atoms with Crippen molar-refractivity contribution in [2.24, 2.45) is 5.92 Å². The van der Waals surface area contributed by atoms with Gasteiger partial charge in [0.2, 0.25) is 0 Å². The van der Waals surface area contributed by atoms with Crippen molar-refractivity contribution in [3.8, 4) is 0 Å². The van der Waals surface area contributed by atoms with Gasteiger partial charge in [-0.1, -0.05) is 31.5 Å². The van der Waals surface area contributed by atoms with Crippen LogP contribution in [-0.4, -0.2) is 25.7 Å². The summed E-state index contributed by atoms with van der Waals surface area (Å²) >= 11 is 6.38. The molecule has 1 aliphatic heterocycles. The van der Waals surface area contributed by atoms with Gasteiger partial charge in [0.15, 0.2) is 0 Å². The van der Waals surface area contributed by atoms with Gasteiger partial charge in [-0.3, -0.25) is 0 Å². The number of nitrogens with zero attached hydrogens (tertiary/aromatic N) is 1. The summed E-state index contributed by atoms with van der Waals surface area (Å²) in [6.45, 7) is 9.86. The fraction of sp³-hybridized carbons (Fsp3) is 0.600. The molecule has 1 heterocycles. The lowest BCUT2D eigenvalue weighted by molar-refractivity contribution is 0.420. The molecule has 1 unspecified atom stereocenters. The predicted molar refractivity (Wildman–Crippen MR) is 79.6 cm³/mol. The number of anilines is 1. The van der Waals surface area contributed by atoms with E-state index < -0.39 is 0 Å². The molecule has 1 N–H and O–H groups in total. The molecule has 0 amide bonds. The number of rotatable bonds is 2. The molecule has 0 aliphatic carbocycles. The minimum atomic E-state index is 0.546. The van der Waals surface area contributed by atoms with Crippen LogP contribution in [0.3, 0.4) is 0 Å². The van der Waals surface area contributed by atoms with Gasteiger partial charge in [0.25, 0.3) is 0 Å². The Morgan fingerprint density at radius 3 is 2.83 bits per heavy atom. The smallest absolute Gasteiger partial charge is 0.0642 e. The van der Waals surface area contributed by atoms with Crippen LogP contribution in [0.25, 0.3) is 0 Å². The number of aryl methyl sites for hydroxylation is 1. The van der Waals surface area contributed by atoms with E-state index in [9.17, 15) is 0 Å². The average Bonchev–Trinajstić information content (AvgIpc) is 2.54. The lowest BCUT2D eigenvalue weighted by Gasteiger charge is -2.29. The van der Waals surface area contributed by atoms with Crippen LogP contribution in [0.4, 0.5) is 5.69 Å². The minimum absolute atomic E-state index is 0.546.